The molecule has 1 aromatic rings. The molecule has 1 rings (SSSR count). The molecule has 0 amide bonds. The molecule has 0 aliphatic rings. The van der Waals surface area contributed by atoms with Gasteiger partial charge in [0.05, 0.1) is 6.61 Å². The first-order valence-corrected chi connectivity index (χ1v) is 4.85. The van der Waals surface area contributed by atoms with E-state index in [-0.39, 0.29) is 0 Å². The SMILES string of the molecule is CCOc1cccc(NC(C)C(=O)O)c1. The number of carboxylic acids is 1. The Hall–Kier alpha value is -1.71. The number of rotatable bonds is 5. The Morgan fingerprint density at radius 1 is 1.60 bits per heavy atom. The summed E-state index contributed by atoms with van der Waals surface area (Å²) in [4.78, 5) is 10.6. The minimum Gasteiger partial charge on any atom is -0.494 e. The van der Waals surface area contributed by atoms with Crippen LogP contribution < -0.4 is 10.1 Å². The number of hydrogen-bond acceptors (Lipinski definition) is 3. The highest BCUT2D eigenvalue weighted by Crippen LogP contribution is 2.17. The molecule has 1 atom stereocenters. The maximum atomic E-state index is 10.6. The van der Waals surface area contributed by atoms with E-state index in [0.29, 0.717) is 6.61 Å². The minimum atomic E-state index is -0.878. The zero-order chi connectivity index (χ0) is 11.3. The molecule has 0 aliphatic heterocycles. The predicted octanol–water partition coefficient (Wildman–Crippen LogP) is 1.97. The monoisotopic (exact) mass is 209 g/mol. The molecule has 0 bridgehead atoms. The van der Waals surface area contributed by atoms with Gasteiger partial charge in [0.25, 0.3) is 0 Å². The average molecular weight is 209 g/mol. The van der Waals surface area contributed by atoms with E-state index in [2.05, 4.69) is 5.32 Å². The Morgan fingerprint density at radius 3 is 2.93 bits per heavy atom. The summed E-state index contributed by atoms with van der Waals surface area (Å²) in [5.74, 6) is -0.142. The largest absolute Gasteiger partial charge is 0.494 e. The van der Waals surface area contributed by atoms with Crippen molar-refractivity contribution in [2.45, 2.75) is 19.9 Å². The highest BCUT2D eigenvalue weighted by Gasteiger charge is 2.09. The van der Waals surface area contributed by atoms with Gasteiger partial charge in [-0.15, -0.1) is 0 Å². The maximum absolute atomic E-state index is 10.6. The molecule has 0 spiro atoms. The number of aliphatic carboxylic acids is 1. The first kappa shape index (κ1) is 11.4. The quantitative estimate of drug-likeness (QED) is 0.778. The Bertz CT molecular complexity index is 338. The lowest BCUT2D eigenvalue weighted by atomic mass is 10.2. The Morgan fingerprint density at radius 2 is 2.33 bits per heavy atom. The van der Waals surface area contributed by atoms with Gasteiger partial charge in [-0.3, -0.25) is 4.79 Å². The van der Waals surface area contributed by atoms with Crippen molar-refractivity contribution in [1.82, 2.24) is 0 Å². The lowest BCUT2D eigenvalue weighted by Crippen LogP contribution is -2.25. The van der Waals surface area contributed by atoms with Crippen molar-refractivity contribution in [3.63, 3.8) is 0 Å². The summed E-state index contributed by atoms with van der Waals surface area (Å²) in [7, 11) is 0. The summed E-state index contributed by atoms with van der Waals surface area (Å²) in [6.45, 7) is 4.09. The molecule has 0 aliphatic carbocycles. The van der Waals surface area contributed by atoms with Gasteiger partial charge in [0, 0.05) is 11.8 Å². The lowest BCUT2D eigenvalue weighted by molar-refractivity contribution is -0.137. The number of nitrogens with one attached hydrogen (secondary N) is 1. The van der Waals surface area contributed by atoms with Crippen LogP contribution in [-0.2, 0) is 4.79 Å². The molecule has 0 aromatic heterocycles. The third kappa shape index (κ3) is 3.50. The summed E-state index contributed by atoms with van der Waals surface area (Å²) in [6.07, 6.45) is 0. The third-order valence-electron chi connectivity index (χ3n) is 1.90. The molecule has 4 heteroatoms. The van der Waals surface area contributed by atoms with Crippen LogP contribution in [0.2, 0.25) is 0 Å². The van der Waals surface area contributed by atoms with Gasteiger partial charge in [0.2, 0.25) is 0 Å². The molecule has 0 saturated carbocycles. The van der Waals surface area contributed by atoms with Crippen molar-refractivity contribution in [2.24, 2.45) is 0 Å². The Kier molecular flexibility index (Phi) is 3.97. The van der Waals surface area contributed by atoms with E-state index < -0.39 is 12.0 Å². The van der Waals surface area contributed by atoms with Gasteiger partial charge in [0.1, 0.15) is 11.8 Å². The van der Waals surface area contributed by atoms with Gasteiger partial charge >= 0.3 is 5.97 Å². The van der Waals surface area contributed by atoms with Gasteiger partial charge in [0.15, 0.2) is 0 Å². The molecular formula is C11H15NO3. The van der Waals surface area contributed by atoms with Gasteiger partial charge in [-0.25, -0.2) is 0 Å². The summed E-state index contributed by atoms with van der Waals surface area (Å²) in [5, 5.41) is 11.6. The molecule has 0 fully saturated rings. The number of carboxylic acid groups (broad SMARTS) is 1. The lowest BCUT2D eigenvalue weighted by Gasteiger charge is -2.11. The van der Waals surface area contributed by atoms with E-state index in [0.717, 1.165) is 11.4 Å². The van der Waals surface area contributed by atoms with Gasteiger partial charge in [-0.2, -0.15) is 0 Å². The summed E-state index contributed by atoms with van der Waals surface area (Å²) >= 11 is 0. The van der Waals surface area contributed by atoms with Crippen LogP contribution in [0.1, 0.15) is 13.8 Å². The summed E-state index contributed by atoms with van der Waals surface area (Å²) in [5.41, 5.74) is 0.746. The van der Waals surface area contributed by atoms with Crippen LogP contribution in [0.5, 0.6) is 5.75 Å². The molecule has 0 saturated heterocycles. The molecule has 15 heavy (non-hydrogen) atoms. The first-order chi connectivity index (χ1) is 7.13. The fourth-order valence-corrected chi connectivity index (χ4v) is 1.15. The zero-order valence-electron chi connectivity index (χ0n) is 8.86. The smallest absolute Gasteiger partial charge is 0.325 e. The van der Waals surface area contributed by atoms with E-state index in [9.17, 15) is 4.79 Å². The van der Waals surface area contributed by atoms with E-state index in [4.69, 9.17) is 9.84 Å². The molecule has 2 N–H and O–H groups in total. The standard InChI is InChI=1S/C11H15NO3/c1-3-15-10-6-4-5-9(7-10)12-8(2)11(13)14/h4-8,12H,3H2,1-2H3,(H,13,14). The fourth-order valence-electron chi connectivity index (χ4n) is 1.15. The topological polar surface area (TPSA) is 58.6 Å². The molecular weight excluding hydrogens is 194 g/mol. The van der Waals surface area contributed by atoms with E-state index >= 15 is 0 Å². The van der Waals surface area contributed by atoms with Crippen LogP contribution in [-0.4, -0.2) is 23.7 Å². The van der Waals surface area contributed by atoms with Crippen molar-refractivity contribution in [1.29, 1.82) is 0 Å². The number of anilines is 1. The van der Waals surface area contributed by atoms with Crippen LogP contribution in [0.15, 0.2) is 24.3 Å². The molecule has 4 nitrogen and oxygen atoms in total. The Balaban J connectivity index is 2.68. The first-order valence-electron chi connectivity index (χ1n) is 4.85. The maximum Gasteiger partial charge on any atom is 0.325 e. The summed E-state index contributed by atoms with van der Waals surface area (Å²) in [6, 6.07) is 6.63. The van der Waals surface area contributed by atoms with Crippen molar-refractivity contribution in [2.75, 3.05) is 11.9 Å². The van der Waals surface area contributed by atoms with Crippen LogP contribution in [0.25, 0.3) is 0 Å². The minimum absolute atomic E-state index is 0.595. The molecule has 82 valence electrons. The van der Waals surface area contributed by atoms with Crippen molar-refractivity contribution < 1.29 is 14.6 Å². The van der Waals surface area contributed by atoms with Crippen LogP contribution in [0, 0.1) is 0 Å². The predicted molar refractivity (Wildman–Crippen MR) is 58.3 cm³/mol. The number of hydrogen-bond donors (Lipinski definition) is 2. The molecule has 0 heterocycles. The van der Waals surface area contributed by atoms with Crippen molar-refractivity contribution in [3.8, 4) is 5.75 Å². The molecule has 1 aromatic carbocycles. The van der Waals surface area contributed by atoms with E-state index in [1.54, 1.807) is 13.0 Å². The number of ether oxygens (including phenoxy) is 1. The van der Waals surface area contributed by atoms with Gasteiger partial charge < -0.3 is 15.2 Å². The fraction of sp³-hybridized carbons (Fsp3) is 0.364. The second-order valence-corrected chi connectivity index (χ2v) is 3.17. The average Bonchev–Trinajstić information content (AvgIpc) is 2.18. The number of benzene rings is 1. The van der Waals surface area contributed by atoms with Gasteiger partial charge in [-0.05, 0) is 26.0 Å². The highest BCUT2D eigenvalue weighted by atomic mass is 16.5. The second kappa shape index (κ2) is 5.24. The van der Waals surface area contributed by atoms with Crippen molar-refractivity contribution >= 4 is 11.7 Å². The van der Waals surface area contributed by atoms with Crippen LogP contribution >= 0.6 is 0 Å². The molecule has 1 unspecified atom stereocenters. The zero-order valence-corrected chi connectivity index (χ0v) is 8.86. The highest BCUT2D eigenvalue weighted by molar-refractivity contribution is 5.76. The third-order valence-corrected chi connectivity index (χ3v) is 1.90. The number of carbonyl (C=O) groups is 1. The van der Waals surface area contributed by atoms with Gasteiger partial charge in [-0.1, -0.05) is 6.07 Å². The normalized spacial score (nSPS) is 11.9. The Labute approximate surface area is 88.9 Å². The van der Waals surface area contributed by atoms with Crippen molar-refractivity contribution in [3.05, 3.63) is 24.3 Å². The summed E-state index contributed by atoms with van der Waals surface area (Å²) < 4.78 is 5.30. The van der Waals surface area contributed by atoms with Crippen LogP contribution in [0.3, 0.4) is 0 Å². The second-order valence-electron chi connectivity index (χ2n) is 3.17. The van der Waals surface area contributed by atoms with E-state index in [1.807, 2.05) is 25.1 Å². The van der Waals surface area contributed by atoms with E-state index in [1.165, 1.54) is 0 Å². The molecule has 0 radical (unpaired) electrons. The van der Waals surface area contributed by atoms with Crippen LogP contribution in [0.4, 0.5) is 5.69 Å².